The van der Waals surface area contributed by atoms with Crippen LogP contribution >= 0.6 is 15.9 Å². The smallest absolute Gasteiger partial charge is 0.370 e. The van der Waals surface area contributed by atoms with E-state index in [4.69, 9.17) is 5.73 Å². The second-order valence-corrected chi connectivity index (χ2v) is 4.39. The van der Waals surface area contributed by atoms with Crippen molar-refractivity contribution < 1.29 is 13.2 Å². The van der Waals surface area contributed by atoms with Crippen molar-refractivity contribution in [3.8, 4) is 0 Å². The summed E-state index contributed by atoms with van der Waals surface area (Å²) in [6.07, 6.45) is -4.31. The minimum atomic E-state index is -4.31. The van der Waals surface area contributed by atoms with Gasteiger partial charge in [-0.3, -0.25) is 0 Å². The van der Waals surface area contributed by atoms with Gasteiger partial charge in [0.05, 0.1) is 11.3 Å². The highest BCUT2D eigenvalue weighted by Gasteiger charge is 2.31. The van der Waals surface area contributed by atoms with Crippen LogP contribution in [0.2, 0.25) is 0 Å². The van der Waals surface area contributed by atoms with Crippen molar-refractivity contribution in [3.63, 3.8) is 0 Å². The van der Waals surface area contributed by atoms with Gasteiger partial charge in [0, 0.05) is 24.1 Å². The van der Waals surface area contributed by atoms with Gasteiger partial charge in [-0.15, -0.1) is 0 Å². The van der Waals surface area contributed by atoms with Gasteiger partial charge in [-0.25, -0.2) is 0 Å². The SMILES string of the molecule is CCN(CCN)c1ccc(C(F)(F)F)cc1Br. The lowest BCUT2D eigenvalue weighted by Crippen LogP contribution is -2.29. The van der Waals surface area contributed by atoms with Gasteiger partial charge in [-0.2, -0.15) is 13.2 Å². The standard InChI is InChI=1S/C11H14BrF3N2/c1-2-17(6-5-16)10-4-3-8(7-9(10)12)11(13,14)15/h3-4,7H,2,5-6,16H2,1H3. The number of nitrogens with two attached hydrogens (primary N) is 1. The highest BCUT2D eigenvalue weighted by Crippen LogP contribution is 2.35. The molecule has 0 amide bonds. The fourth-order valence-corrected chi connectivity index (χ4v) is 2.17. The molecule has 0 radical (unpaired) electrons. The van der Waals surface area contributed by atoms with Gasteiger partial charge in [0.1, 0.15) is 0 Å². The molecule has 0 aliphatic carbocycles. The van der Waals surface area contributed by atoms with E-state index >= 15 is 0 Å². The van der Waals surface area contributed by atoms with E-state index in [2.05, 4.69) is 15.9 Å². The van der Waals surface area contributed by atoms with Crippen molar-refractivity contribution in [1.82, 2.24) is 0 Å². The molecule has 2 nitrogen and oxygen atoms in total. The van der Waals surface area contributed by atoms with Crippen LogP contribution in [0.3, 0.4) is 0 Å². The molecule has 0 saturated heterocycles. The fourth-order valence-electron chi connectivity index (χ4n) is 1.54. The van der Waals surface area contributed by atoms with Crippen LogP contribution in [-0.2, 0) is 6.18 Å². The molecular weight excluding hydrogens is 297 g/mol. The Bertz CT molecular complexity index is 379. The lowest BCUT2D eigenvalue weighted by Gasteiger charge is -2.24. The van der Waals surface area contributed by atoms with Crippen LogP contribution in [0, 0.1) is 0 Å². The molecule has 0 spiro atoms. The molecule has 0 aliphatic heterocycles. The first-order valence-corrected chi connectivity index (χ1v) is 6.01. The van der Waals surface area contributed by atoms with E-state index in [1.807, 2.05) is 11.8 Å². The zero-order valence-corrected chi connectivity index (χ0v) is 11.0. The molecule has 1 aromatic carbocycles. The largest absolute Gasteiger partial charge is 0.416 e. The number of alkyl halides is 3. The summed E-state index contributed by atoms with van der Waals surface area (Å²) in [6.45, 7) is 3.70. The predicted molar refractivity (Wildman–Crippen MR) is 66.1 cm³/mol. The summed E-state index contributed by atoms with van der Waals surface area (Å²) < 4.78 is 37.9. The normalized spacial score (nSPS) is 11.6. The van der Waals surface area contributed by atoms with Crippen LogP contribution in [0.1, 0.15) is 12.5 Å². The summed E-state index contributed by atoms with van der Waals surface area (Å²) in [5.74, 6) is 0. The Morgan fingerprint density at radius 2 is 2.00 bits per heavy atom. The summed E-state index contributed by atoms with van der Waals surface area (Å²) in [7, 11) is 0. The van der Waals surface area contributed by atoms with Crippen LogP contribution in [0.15, 0.2) is 22.7 Å². The molecule has 17 heavy (non-hydrogen) atoms. The summed E-state index contributed by atoms with van der Waals surface area (Å²) >= 11 is 3.17. The Hall–Kier alpha value is -0.750. The van der Waals surface area contributed by atoms with Crippen LogP contribution in [0.4, 0.5) is 18.9 Å². The third-order valence-electron chi connectivity index (χ3n) is 2.40. The summed E-state index contributed by atoms with van der Waals surface area (Å²) in [5, 5.41) is 0. The summed E-state index contributed by atoms with van der Waals surface area (Å²) in [6, 6.07) is 3.64. The van der Waals surface area contributed by atoms with Crippen molar-refractivity contribution >= 4 is 21.6 Å². The lowest BCUT2D eigenvalue weighted by atomic mass is 10.2. The summed E-state index contributed by atoms with van der Waals surface area (Å²) in [4.78, 5) is 1.92. The maximum absolute atomic E-state index is 12.5. The third kappa shape index (κ3) is 3.61. The first-order chi connectivity index (χ1) is 7.90. The summed E-state index contributed by atoms with van der Waals surface area (Å²) in [5.41, 5.74) is 5.53. The molecule has 0 heterocycles. The number of hydrogen-bond acceptors (Lipinski definition) is 2. The Morgan fingerprint density at radius 3 is 2.41 bits per heavy atom. The zero-order chi connectivity index (χ0) is 13.1. The monoisotopic (exact) mass is 310 g/mol. The third-order valence-corrected chi connectivity index (χ3v) is 3.03. The predicted octanol–water partition coefficient (Wildman–Crippen LogP) is 3.25. The van der Waals surface area contributed by atoms with Crippen LogP contribution in [-0.4, -0.2) is 19.6 Å². The zero-order valence-electron chi connectivity index (χ0n) is 9.39. The molecule has 0 saturated carbocycles. The van der Waals surface area contributed by atoms with Crippen molar-refractivity contribution in [2.45, 2.75) is 13.1 Å². The van der Waals surface area contributed by atoms with Crippen molar-refractivity contribution in [2.24, 2.45) is 5.73 Å². The van der Waals surface area contributed by atoms with Crippen molar-refractivity contribution in [1.29, 1.82) is 0 Å². The first kappa shape index (κ1) is 14.3. The number of benzene rings is 1. The van der Waals surface area contributed by atoms with Gasteiger partial charge in [0.15, 0.2) is 0 Å². The van der Waals surface area contributed by atoms with Gasteiger partial charge in [0.25, 0.3) is 0 Å². The molecule has 0 unspecified atom stereocenters. The Kier molecular flexibility index (Phi) is 4.82. The van der Waals surface area contributed by atoms with Crippen LogP contribution in [0.25, 0.3) is 0 Å². The molecule has 0 bridgehead atoms. The van der Waals surface area contributed by atoms with Crippen LogP contribution in [0.5, 0.6) is 0 Å². The lowest BCUT2D eigenvalue weighted by molar-refractivity contribution is -0.137. The molecule has 2 N–H and O–H groups in total. The number of halogens is 4. The molecular formula is C11H14BrF3N2. The first-order valence-electron chi connectivity index (χ1n) is 5.22. The number of hydrogen-bond donors (Lipinski definition) is 1. The van der Waals surface area contributed by atoms with Gasteiger partial charge >= 0.3 is 6.18 Å². The minimum absolute atomic E-state index is 0.433. The van der Waals surface area contributed by atoms with E-state index in [0.29, 0.717) is 24.1 Å². The molecule has 1 rings (SSSR count). The second kappa shape index (κ2) is 5.73. The van der Waals surface area contributed by atoms with Crippen molar-refractivity contribution in [3.05, 3.63) is 28.2 Å². The van der Waals surface area contributed by atoms with Crippen LogP contribution < -0.4 is 10.6 Å². The van der Waals surface area contributed by atoms with E-state index in [0.717, 1.165) is 17.8 Å². The van der Waals surface area contributed by atoms with Gasteiger partial charge in [-0.1, -0.05) is 0 Å². The van der Waals surface area contributed by atoms with E-state index in [-0.39, 0.29) is 0 Å². The maximum atomic E-state index is 12.5. The molecule has 96 valence electrons. The molecule has 0 fully saturated rings. The van der Waals surface area contributed by atoms with Crippen molar-refractivity contribution in [2.75, 3.05) is 24.5 Å². The Morgan fingerprint density at radius 1 is 1.35 bits per heavy atom. The average molecular weight is 311 g/mol. The average Bonchev–Trinajstić information content (AvgIpc) is 2.25. The molecule has 6 heteroatoms. The fraction of sp³-hybridized carbons (Fsp3) is 0.455. The molecule has 0 atom stereocenters. The topological polar surface area (TPSA) is 29.3 Å². The Labute approximate surface area is 107 Å². The molecule has 0 aliphatic rings. The number of rotatable bonds is 4. The number of anilines is 1. The highest BCUT2D eigenvalue weighted by molar-refractivity contribution is 9.10. The Balaban J connectivity index is 3.04. The maximum Gasteiger partial charge on any atom is 0.416 e. The second-order valence-electron chi connectivity index (χ2n) is 3.53. The minimum Gasteiger partial charge on any atom is -0.370 e. The van der Waals surface area contributed by atoms with E-state index < -0.39 is 11.7 Å². The van der Waals surface area contributed by atoms with E-state index in [1.165, 1.54) is 6.07 Å². The van der Waals surface area contributed by atoms with E-state index in [9.17, 15) is 13.2 Å². The van der Waals surface area contributed by atoms with Gasteiger partial charge < -0.3 is 10.6 Å². The quantitative estimate of drug-likeness (QED) is 0.925. The number of nitrogens with zero attached hydrogens (tertiary/aromatic N) is 1. The molecule has 0 aromatic heterocycles. The molecule has 1 aromatic rings. The van der Waals surface area contributed by atoms with Gasteiger partial charge in [-0.05, 0) is 41.1 Å². The highest BCUT2D eigenvalue weighted by atomic mass is 79.9. The van der Waals surface area contributed by atoms with Gasteiger partial charge in [0.2, 0.25) is 0 Å². The number of likely N-dealkylation sites (N-methyl/N-ethyl adjacent to an activating group) is 1. The van der Waals surface area contributed by atoms with E-state index in [1.54, 1.807) is 0 Å².